The third kappa shape index (κ3) is 2.89. The molecule has 0 aromatic carbocycles. The summed E-state index contributed by atoms with van der Waals surface area (Å²) in [5.41, 5.74) is 5.25. The van der Waals surface area contributed by atoms with Gasteiger partial charge in [0, 0.05) is 12.4 Å². The molecule has 0 spiro atoms. The molecular formula is C6H10ClN3O2. The molecule has 0 unspecified atom stereocenters. The average molecular weight is 192 g/mol. The zero-order chi connectivity index (χ0) is 8.27. The number of carboxylic acid groups (broad SMARTS) is 1. The molecule has 0 saturated heterocycles. The van der Waals surface area contributed by atoms with Crippen molar-refractivity contribution < 1.29 is 9.90 Å². The Kier molecular flexibility index (Phi) is 4.31. The van der Waals surface area contributed by atoms with Gasteiger partial charge in [0.1, 0.15) is 6.04 Å². The van der Waals surface area contributed by atoms with Crippen LogP contribution in [0.1, 0.15) is 0 Å². The Morgan fingerprint density at radius 2 is 2.42 bits per heavy atom. The van der Waals surface area contributed by atoms with Crippen molar-refractivity contribution in [1.82, 2.24) is 9.78 Å². The molecule has 1 rings (SSSR count). The molecule has 0 aliphatic heterocycles. The van der Waals surface area contributed by atoms with Gasteiger partial charge in [-0.25, -0.2) is 0 Å². The molecule has 0 radical (unpaired) electrons. The maximum absolute atomic E-state index is 10.3. The summed E-state index contributed by atoms with van der Waals surface area (Å²) in [6.45, 7) is 0.211. The molecule has 0 aliphatic rings. The van der Waals surface area contributed by atoms with Crippen LogP contribution in [0.4, 0.5) is 0 Å². The highest BCUT2D eigenvalue weighted by molar-refractivity contribution is 5.85. The zero-order valence-corrected chi connectivity index (χ0v) is 7.07. The van der Waals surface area contributed by atoms with E-state index in [1.54, 1.807) is 18.5 Å². The van der Waals surface area contributed by atoms with Gasteiger partial charge < -0.3 is 10.8 Å². The lowest BCUT2D eigenvalue weighted by molar-refractivity contribution is -0.138. The summed E-state index contributed by atoms with van der Waals surface area (Å²) in [6, 6.07) is 0.837. The van der Waals surface area contributed by atoms with E-state index in [4.69, 9.17) is 10.8 Å². The van der Waals surface area contributed by atoms with Crippen molar-refractivity contribution in [3.8, 4) is 0 Å². The second kappa shape index (κ2) is 4.74. The van der Waals surface area contributed by atoms with Gasteiger partial charge in [0.2, 0.25) is 0 Å². The highest BCUT2D eigenvalue weighted by Gasteiger charge is 2.11. The van der Waals surface area contributed by atoms with Gasteiger partial charge in [-0.05, 0) is 6.07 Å². The number of halogens is 1. The van der Waals surface area contributed by atoms with Crippen LogP contribution in [0.15, 0.2) is 18.5 Å². The Hall–Kier alpha value is -1.07. The van der Waals surface area contributed by atoms with E-state index in [1.165, 1.54) is 4.68 Å². The summed E-state index contributed by atoms with van der Waals surface area (Å²) in [5, 5.41) is 12.2. The van der Waals surface area contributed by atoms with E-state index in [9.17, 15) is 4.79 Å². The minimum atomic E-state index is -1.01. The topological polar surface area (TPSA) is 81.1 Å². The van der Waals surface area contributed by atoms with Gasteiger partial charge in [-0.3, -0.25) is 9.48 Å². The molecule has 1 aromatic rings. The molecule has 0 amide bonds. The molecule has 1 aromatic heterocycles. The summed E-state index contributed by atoms with van der Waals surface area (Å²) in [4.78, 5) is 10.3. The van der Waals surface area contributed by atoms with Gasteiger partial charge in [0.05, 0.1) is 6.54 Å². The van der Waals surface area contributed by atoms with Crippen LogP contribution in [-0.2, 0) is 11.3 Å². The molecule has 1 heterocycles. The molecule has 0 bridgehead atoms. The lowest BCUT2D eigenvalue weighted by Gasteiger charge is -2.04. The Labute approximate surface area is 75.6 Å². The standard InChI is InChI=1S/C6H9N3O2.ClH/c7-5(6(10)11)4-9-3-1-2-8-9;/h1-3,5H,4,7H2,(H,10,11);1H/t5-;/m1./s1. The fourth-order valence-electron chi connectivity index (χ4n) is 0.688. The van der Waals surface area contributed by atoms with Gasteiger partial charge in [-0.1, -0.05) is 0 Å². The van der Waals surface area contributed by atoms with Gasteiger partial charge in [0.25, 0.3) is 0 Å². The van der Waals surface area contributed by atoms with Crippen molar-refractivity contribution in [2.24, 2.45) is 5.73 Å². The summed E-state index contributed by atoms with van der Waals surface area (Å²) >= 11 is 0. The summed E-state index contributed by atoms with van der Waals surface area (Å²) in [7, 11) is 0. The zero-order valence-electron chi connectivity index (χ0n) is 6.25. The second-order valence-electron chi connectivity index (χ2n) is 2.17. The molecule has 5 nitrogen and oxygen atoms in total. The SMILES string of the molecule is Cl.N[C@H](Cn1cccn1)C(=O)O. The van der Waals surface area contributed by atoms with Crippen LogP contribution in [0.5, 0.6) is 0 Å². The maximum atomic E-state index is 10.3. The number of aromatic nitrogens is 2. The van der Waals surface area contributed by atoms with E-state index in [-0.39, 0.29) is 19.0 Å². The van der Waals surface area contributed by atoms with E-state index in [1.807, 2.05) is 0 Å². The minimum Gasteiger partial charge on any atom is -0.480 e. The fourth-order valence-corrected chi connectivity index (χ4v) is 0.688. The lowest BCUT2D eigenvalue weighted by atomic mass is 10.3. The van der Waals surface area contributed by atoms with Crippen LogP contribution in [0, 0.1) is 0 Å². The number of rotatable bonds is 3. The third-order valence-electron chi connectivity index (χ3n) is 1.26. The maximum Gasteiger partial charge on any atom is 0.322 e. The van der Waals surface area contributed by atoms with Crippen LogP contribution in [0.2, 0.25) is 0 Å². The first-order valence-corrected chi connectivity index (χ1v) is 3.16. The monoisotopic (exact) mass is 191 g/mol. The van der Waals surface area contributed by atoms with E-state index in [0.29, 0.717) is 0 Å². The molecule has 0 fully saturated rings. The van der Waals surface area contributed by atoms with Crippen LogP contribution in [-0.4, -0.2) is 26.9 Å². The summed E-state index contributed by atoms with van der Waals surface area (Å²) in [6.07, 6.45) is 3.25. The van der Waals surface area contributed by atoms with E-state index in [0.717, 1.165) is 0 Å². The van der Waals surface area contributed by atoms with Gasteiger partial charge >= 0.3 is 5.97 Å². The molecule has 0 saturated carbocycles. The second-order valence-corrected chi connectivity index (χ2v) is 2.17. The van der Waals surface area contributed by atoms with Gasteiger partial charge in [-0.15, -0.1) is 12.4 Å². The smallest absolute Gasteiger partial charge is 0.322 e. The van der Waals surface area contributed by atoms with Crippen molar-refractivity contribution in [2.75, 3.05) is 0 Å². The van der Waals surface area contributed by atoms with Crippen LogP contribution >= 0.6 is 12.4 Å². The van der Waals surface area contributed by atoms with Crippen LogP contribution in [0.25, 0.3) is 0 Å². The average Bonchev–Trinajstić information content (AvgIpc) is 2.39. The van der Waals surface area contributed by atoms with Gasteiger partial charge in [-0.2, -0.15) is 5.10 Å². The third-order valence-corrected chi connectivity index (χ3v) is 1.26. The number of nitrogens with zero attached hydrogens (tertiary/aromatic N) is 2. The number of carbonyl (C=O) groups is 1. The van der Waals surface area contributed by atoms with Crippen molar-refractivity contribution in [3.05, 3.63) is 18.5 Å². The lowest BCUT2D eigenvalue weighted by Crippen LogP contribution is -2.34. The molecule has 68 valence electrons. The Morgan fingerprint density at radius 3 is 2.83 bits per heavy atom. The van der Waals surface area contributed by atoms with Crippen LogP contribution in [0.3, 0.4) is 0 Å². The first-order valence-electron chi connectivity index (χ1n) is 3.16. The molecule has 0 aliphatic carbocycles. The number of carboxylic acids is 1. The molecule has 1 atom stereocenters. The Bertz CT molecular complexity index is 237. The summed E-state index contributed by atoms with van der Waals surface area (Å²) in [5.74, 6) is -1.01. The highest BCUT2D eigenvalue weighted by Crippen LogP contribution is 1.87. The fraction of sp³-hybridized carbons (Fsp3) is 0.333. The predicted molar refractivity (Wildman–Crippen MR) is 45.1 cm³/mol. The highest BCUT2D eigenvalue weighted by atomic mass is 35.5. The molecule has 12 heavy (non-hydrogen) atoms. The van der Waals surface area contributed by atoms with Crippen molar-refractivity contribution in [2.45, 2.75) is 12.6 Å². The largest absolute Gasteiger partial charge is 0.480 e. The Balaban J connectivity index is 0.00000121. The van der Waals surface area contributed by atoms with Crippen molar-refractivity contribution >= 4 is 18.4 Å². The normalized spacial score (nSPS) is 11.8. The first kappa shape index (κ1) is 10.9. The van der Waals surface area contributed by atoms with Crippen molar-refractivity contribution in [3.63, 3.8) is 0 Å². The van der Waals surface area contributed by atoms with Gasteiger partial charge in [0.15, 0.2) is 0 Å². The predicted octanol–water partition coefficient (Wildman–Crippen LogP) is -0.283. The quantitative estimate of drug-likeness (QED) is 0.689. The molecule has 3 N–H and O–H groups in total. The first-order chi connectivity index (χ1) is 5.20. The van der Waals surface area contributed by atoms with Crippen LogP contribution < -0.4 is 5.73 Å². The van der Waals surface area contributed by atoms with E-state index in [2.05, 4.69) is 5.10 Å². The number of hydrogen-bond donors (Lipinski definition) is 2. The van der Waals surface area contributed by atoms with E-state index >= 15 is 0 Å². The number of aliphatic carboxylic acids is 1. The molecular weight excluding hydrogens is 182 g/mol. The minimum absolute atomic E-state index is 0. The number of nitrogens with two attached hydrogens (primary N) is 1. The number of hydrogen-bond acceptors (Lipinski definition) is 3. The Morgan fingerprint density at radius 1 is 1.75 bits per heavy atom. The van der Waals surface area contributed by atoms with E-state index < -0.39 is 12.0 Å². The molecule has 6 heteroatoms. The van der Waals surface area contributed by atoms with Crippen molar-refractivity contribution in [1.29, 1.82) is 0 Å². The summed E-state index contributed by atoms with van der Waals surface area (Å²) < 4.78 is 1.48.